The van der Waals surface area contributed by atoms with Gasteiger partial charge in [0.25, 0.3) is 0 Å². The normalized spacial score (nSPS) is 27.1. The second kappa shape index (κ2) is 6.32. The molecule has 1 fully saturated rings. The molecule has 1 aliphatic heterocycles. The van der Waals surface area contributed by atoms with E-state index in [0.717, 1.165) is 31.5 Å². The maximum absolute atomic E-state index is 10.2. The first-order valence-corrected chi connectivity index (χ1v) is 6.91. The average Bonchev–Trinajstić information content (AvgIpc) is 2.42. The molecule has 100 valence electrons. The number of aliphatic hydroxyl groups is 1. The molecular weight excluding hydrogens is 224 g/mol. The summed E-state index contributed by atoms with van der Waals surface area (Å²) in [6, 6.07) is 10.2. The lowest BCUT2D eigenvalue weighted by Gasteiger charge is -2.37. The highest BCUT2D eigenvalue weighted by Crippen LogP contribution is 2.21. The molecule has 0 amide bonds. The van der Waals surface area contributed by atoms with Crippen LogP contribution in [0.5, 0.6) is 0 Å². The van der Waals surface area contributed by atoms with Gasteiger partial charge in [0.15, 0.2) is 0 Å². The van der Waals surface area contributed by atoms with E-state index in [-0.39, 0.29) is 0 Å². The van der Waals surface area contributed by atoms with E-state index in [1.54, 1.807) is 0 Å². The average molecular weight is 248 g/mol. The first-order chi connectivity index (χ1) is 8.70. The van der Waals surface area contributed by atoms with Crippen molar-refractivity contribution in [3.63, 3.8) is 0 Å². The molecule has 1 aromatic carbocycles. The van der Waals surface area contributed by atoms with E-state index in [9.17, 15) is 5.11 Å². The van der Waals surface area contributed by atoms with Gasteiger partial charge in [0.05, 0.1) is 6.10 Å². The van der Waals surface area contributed by atoms with E-state index in [0.29, 0.717) is 18.5 Å². The summed E-state index contributed by atoms with van der Waals surface area (Å²) in [5.74, 6) is 0.571. The van der Waals surface area contributed by atoms with E-state index in [4.69, 9.17) is 5.73 Å². The molecule has 0 radical (unpaired) electrons. The van der Waals surface area contributed by atoms with E-state index < -0.39 is 6.10 Å². The summed E-state index contributed by atoms with van der Waals surface area (Å²) in [4.78, 5) is 2.34. The minimum atomic E-state index is -0.391. The van der Waals surface area contributed by atoms with Gasteiger partial charge in [-0.1, -0.05) is 43.7 Å². The highest BCUT2D eigenvalue weighted by atomic mass is 16.3. The van der Waals surface area contributed by atoms with Gasteiger partial charge in [-0.2, -0.15) is 0 Å². The maximum atomic E-state index is 10.2. The number of hydrogen-bond donors (Lipinski definition) is 2. The Morgan fingerprint density at radius 3 is 2.78 bits per heavy atom. The smallest absolute Gasteiger partial charge is 0.0916 e. The fourth-order valence-electron chi connectivity index (χ4n) is 2.75. The van der Waals surface area contributed by atoms with Crippen molar-refractivity contribution in [1.29, 1.82) is 0 Å². The second-order valence-corrected chi connectivity index (χ2v) is 5.31. The molecule has 1 aliphatic rings. The Kier molecular flexibility index (Phi) is 4.75. The largest absolute Gasteiger partial charge is 0.387 e. The van der Waals surface area contributed by atoms with Crippen LogP contribution in [-0.4, -0.2) is 35.7 Å². The monoisotopic (exact) mass is 248 g/mol. The lowest BCUT2D eigenvalue weighted by Crippen LogP contribution is -2.47. The quantitative estimate of drug-likeness (QED) is 0.854. The van der Waals surface area contributed by atoms with E-state index in [1.165, 1.54) is 0 Å². The van der Waals surface area contributed by atoms with Crippen LogP contribution in [0.25, 0.3) is 0 Å². The molecule has 3 heteroatoms. The molecule has 1 heterocycles. The van der Waals surface area contributed by atoms with Crippen LogP contribution in [-0.2, 0) is 0 Å². The number of rotatable bonds is 4. The molecule has 0 spiro atoms. The molecule has 3 unspecified atom stereocenters. The molecule has 0 aliphatic carbocycles. The zero-order valence-corrected chi connectivity index (χ0v) is 11.1. The van der Waals surface area contributed by atoms with Crippen LogP contribution in [0.15, 0.2) is 30.3 Å². The fourth-order valence-corrected chi connectivity index (χ4v) is 2.75. The van der Waals surface area contributed by atoms with Crippen LogP contribution in [0.1, 0.15) is 31.4 Å². The lowest BCUT2D eigenvalue weighted by atomic mass is 9.90. The van der Waals surface area contributed by atoms with Gasteiger partial charge in [-0.05, 0) is 24.4 Å². The van der Waals surface area contributed by atoms with E-state index in [1.807, 2.05) is 30.3 Å². The number of aliphatic hydroxyl groups excluding tert-OH is 1. The van der Waals surface area contributed by atoms with Gasteiger partial charge in [-0.15, -0.1) is 0 Å². The van der Waals surface area contributed by atoms with Gasteiger partial charge in [-0.3, -0.25) is 0 Å². The number of benzene rings is 1. The molecule has 3 nitrogen and oxygen atoms in total. The van der Waals surface area contributed by atoms with Gasteiger partial charge in [-0.25, -0.2) is 0 Å². The van der Waals surface area contributed by atoms with Gasteiger partial charge in [0.2, 0.25) is 0 Å². The molecule has 2 rings (SSSR count). The van der Waals surface area contributed by atoms with E-state index >= 15 is 0 Å². The lowest BCUT2D eigenvalue weighted by molar-refractivity contribution is 0.0765. The third kappa shape index (κ3) is 3.31. The molecule has 1 saturated heterocycles. The number of β-amino-alcohol motifs (C(OH)–C–C–N with tert-alkyl or cyclic N) is 1. The van der Waals surface area contributed by atoms with Gasteiger partial charge < -0.3 is 15.7 Å². The molecule has 1 aromatic rings. The maximum Gasteiger partial charge on any atom is 0.0916 e. The van der Waals surface area contributed by atoms with Crippen LogP contribution in [0.2, 0.25) is 0 Å². The van der Waals surface area contributed by atoms with Crippen molar-refractivity contribution < 1.29 is 5.11 Å². The first-order valence-electron chi connectivity index (χ1n) is 6.91. The number of piperidine rings is 1. The Bertz CT molecular complexity index is 355. The molecule has 18 heavy (non-hydrogen) atoms. The summed E-state index contributed by atoms with van der Waals surface area (Å²) in [7, 11) is 0. The molecule has 0 saturated carbocycles. The summed E-state index contributed by atoms with van der Waals surface area (Å²) >= 11 is 0. The highest BCUT2D eigenvalue weighted by Gasteiger charge is 2.26. The second-order valence-electron chi connectivity index (χ2n) is 5.31. The molecule has 3 atom stereocenters. The molecule has 3 N–H and O–H groups in total. The number of nitrogens with two attached hydrogens (primary N) is 1. The van der Waals surface area contributed by atoms with Crippen LogP contribution >= 0.6 is 0 Å². The zero-order valence-electron chi connectivity index (χ0n) is 11.1. The molecule has 0 bridgehead atoms. The number of likely N-dealkylation sites (tertiary alicyclic amines) is 1. The fraction of sp³-hybridized carbons (Fsp3) is 0.600. The Labute approximate surface area is 110 Å². The summed E-state index contributed by atoms with van der Waals surface area (Å²) < 4.78 is 0. The van der Waals surface area contributed by atoms with Crippen molar-refractivity contribution in [2.75, 3.05) is 19.6 Å². The third-order valence-electron chi connectivity index (χ3n) is 4.02. The Hall–Kier alpha value is -0.900. The van der Waals surface area contributed by atoms with Crippen LogP contribution in [0.4, 0.5) is 0 Å². The van der Waals surface area contributed by atoms with Crippen molar-refractivity contribution >= 4 is 0 Å². The number of nitrogens with zero attached hydrogens (tertiary/aromatic N) is 1. The summed E-state index contributed by atoms with van der Waals surface area (Å²) in [6.07, 6.45) is 1.78. The summed E-state index contributed by atoms with van der Waals surface area (Å²) in [5.41, 5.74) is 7.10. The van der Waals surface area contributed by atoms with Crippen LogP contribution < -0.4 is 5.73 Å². The van der Waals surface area contributed by atoms with Crippen molar-refractivity contribution in [1.82, 2.24) is 4.90 Å². The Morgan fingerprint density at radius 1 is 1.39 bits per heavy atom. The van der Waals surface area contributed by atoms with Crippen molar-refractivity contribution in [2.24, 2.45) is 11.7 Å². The third-order valence-corrected chi connectivity index (χ3v) is 4.02. The predicted octanol–water partition coefficient (Wildman–Crippen LogP) is 1.78. The highest BCUT2D eigenvalue weighted by molar-refractivity contribution is 5.17. The van der Waals surface area contributed by atoms with E-state index in [2.05, 4.69) is 11.8 Å². The number of hydrogen-bond acceptors (Lipinski definition) is 3. The molecular formula is C15H24N2O. The summed E-state index contributed by atoms with van der Waals surface area (Å²) in [6.45, 7) is 4.93. The van der Waals surface area contributed by atoms with Gasteiger partial charge >= 0.3 is 0 Å². The van der Waals surface area contributed by atoms with Gasteiger partial charge in [0, 0.05) is 19.1 Å². The van der Waals surface area contributed by atoms with Crippen LogP contribution in [0, 0.1) is 5.92 Å². The van der Waals surface area contributed by atoms with Crippen molar-refractivity contribution in [3.8, 4) is 0 Å². The Morgan fingerprint density at radius 2 is 2.11 bits per heavy atom. The SMILES string of the molecule is CCC1CN(CC(O)c2ccccc2)CCC1N. The molecule has 0 aromatic heterocycles. The summed E-state index contributed by atoms with van der Waals surface area (Å²) in [5, 5.41) is 10.2. The van der Waals surface area contributed by atoms with Crippen LogP contribution in [0.3, 0.4) is 0 Å². The Balaban J connectivity index is 1.90. The first kappa shape index (κ1) is 13.5. The minimum Gasteiger partial charge on any atom is -0.387 e. The zero-order chi connectivity index (χ0) is 13.0. The standard InChI is InChI=1S/C15H24N2O/c1-2-12-10-17(9-8-14(12)16)11-15(18)13-6-4-3-5-7-13/h3-7,12,14-15,18H,2,8-11,16H2,1H3. The van der Waals surface area contributed by atoms with Crippen molar-refractivity contribution in [3.05, 3.63) is 35.9 Å². The topological polar surface area (TPSA) is 49.5 Å². The van der Waals surface area contributed by atoms with Gasteiger partial charge in [0.1, 0.15) is 0 Å². The minimum absolute atomic E-state index is 0.333. The van der Waals surface area contributed by atoms with Crippen molar-refractivity contribution in [2.45, 2.75) is 31.9 Å². The predicted molar refractivity (Wildman–Crippen MR) is 74.2 cm³/mol.